The van der Waals surface area contributed by atoms with Crippen molar-refractivity contribution in [2.24, 2.45) is 5.73 Å². The largest absolute Gasteiger partial charge is 0.488 e. The summed E-state index contributed by atoms with van der Waals surface area (Å²) < 4.78 is 5.95. The van der Waals surface area contributed by atoms with E-state index in [0.717, 1.165) is 18.6 Å². The summed E-state index contributed by atoms with van der Waals surface area (Å²) in [4.78, 5) is 0. The Kier molecular flexibility index (Phi) is 2.70. The van der Waals surface area contributed by atoms with Crippen molar-refractivity contribution in [2.75, 3.05) is 0 Å². The Labute approximate surface area is 91.4 Å². The van der Waals surface area contributed by atoms with Gasteiger partial charge in [0.25, 0.3) is 0 Å². The van der Waals surface area contributed by atoms with Crippen LogP contribution in [0, 0.1) is 13.8 Å². The molecule has 0 fully saturated rings. The van der Waals surface area contributed by atoms with E-state index in [2.05, 4.69) is 32.9 Å². The van der Waals surface area contributed by atoms with Crippen LogP contribution in [0.25, 0.3) is 0 Å². The molecule has 2 rings (SSSR count). The maximum absolute atomic E-state index is 6.17. The quantitative estimate of drug-likeness (QED) is 0.805. The summed E-state index contributed by atoms with van der Waals surface area (Å²) in [6.07, 6.45) is 2.32. The van der Waals surface area contributed by atoms with E-state index in [-0.39, 0.29) is 12.1 Å². The lowest BCUT2D eigenvalue weighted by Gasteiger charge is -2.13. The van der Waals surface area contributed by atoms with Gasteiger partial charge in [-0.1, -0.05) is 25.5 Å². The van der Waals surface area contributed by atoms with Gasteiger partial charge in [0, 0.05) is 5.56 Å². The molecule has 1 heterocycles. The first-order chi connectivity index (χ1) is 7.15. The van der Waals surface area contributed by atoms with Crippen molar-refractivity contribution in [1.82, 2.24) is 0 Å². The second-order valence-electron chi connectivity index (χ2n) is 4.40. The third kappa shape index (κ3) is 1.63. The van der Waals surface area contributed by atoms with Crippen LogP contribution in [0.3, 0.4) is 0 Å². The minimum absolute atomic E-state index is 0.0549. The van der Waals surface area contributed by atoms with Crippen LogP contribution in [0.2, 0.25) is 0 Å². The Morgan fingerprint density at radius 3 is 2.73 bits per heavy atom. The maximum Gasteiger partial charge on any atom is 0.127 e. The number of aryl methyl sites for hydroxylation is 1. The molecule has 1 aromatic rings. The molecule has 0 spiro atoms. The summed E-state index contributed by atoms with van der Waals surface area (Å²) in [5.41, 5.74) is 9.86. The summed E-state index contributed by atoms with van der Waals surface area (Å²) in [5.74, 6) is 1.03. The van der Waals surface area contributed by atoms with Gasteiger partial charge in [0.05, 0.1) is 6.04 Å². The fourth-order valence-corrected chi connectivity index (χ4v) is 2.18. The van der Waals surface area contributed by atoms with E-state index in [1.165, 1.54) is 16.7 Å². The van der Waals surface area contributed by atoms with E-state index in [4.69, 9.17) is 10.5 Å². The zero-order valence-electron chi connectivity index (χ0n) is 9.71. The smallest absolute Gasteiger partial charge is 0.127 e. The molecular formula is C13H19NO. The van der Waals surface area contributed by atoms with Gasteiger partial charge in [-0.05, 0) is 31.4 Å². The van der Waals surface area contributed by atoms with E-state index >= 15 is 0 Å². The van der Waals surface area contributed by atoms with Crippen molar-refractivity contribution < 1.29 is 4.74 Å². The van der Waals surface area contributed by atoms with Crippen LogP contribution >= 0.6 is 0 Å². The first-order valence-corrected chi connectivity index (χ1v) is 5.67. The average molecular weight is 205 g/mol. The van der Waals surface area contributed by atoms with Crippen LogP contribution in [-0.2, 0) is 0 Å². The molecule has 2 nitrogen and oxygen atoms in total. The molecule has 0 aliphatic carbocycles. The van der Waals surface area contributed by atoms with E-state index in [1.54, 1.807) is 0 Å². The van der Waals surface area contributed by atoms with Gasteiger partial charge in [-0.3, -0.25) is 0 Å². The van der Waals surface area contributed by atoms with E-state index in [0.29, 0.717) is 0 Å². The van der Waals surface area contributed by atoms with Crippen molar-refractivity contribution in [2.45, 2.75) is 45.8 Å². The summed E-state index contributed by atoms with van der Waals surface area (Å²) >= 11 is 0. The molecule has 15 heavy (non-hydrogen) atoms. The van der Waals surface area contributed by atoms with Crippen LogP contribution in [0.1, 0.15) is 42.5 Å². The molecule has 2 unspecified atom stereocenters. The van der Waals surface area contributed by atoms with Crippen LogP contribution in [-0.4, -0.2) is 6.10 Å². The first kappa shape index (κ1) is 10.5. The first-order valence-electron chi connectivity index (χ1n) is 5.67. The van der Waals surface area contributed by atoms with E-state index in [9.17, 15) is 0 Å². The second-order valence-corrected chi connectivity index (χ2v) is 4.40. The third-order valence-electron chi connectivity index (χ3n) is 3.31. The highest BCUT2D eigenvalue weighted by Gasteiger charge is 2.31. The van der Waals surface area contributed by atoms with E-state index in [1.807, 2.05) is 0 Å². The SMILES string of the molecule is CCCC1Oc2c(ccc(C)c2C)C1N. The van der Waals surface area contributed by atoms with Crippen LogP contribution in [0.4, 0.5) is 0 Å². The zero-order chi connectivity index (χ0) is 11.0. The molecule has 2 atom stereocenters. The predicted molar refractivity (Wildman–Crippen MR) is 62.2 cm³/mol. The molecule has 82 valence electrons. The summed E-state index contributed by atoms with van der Waals surface area (Å²) in [5, 5.41) is 0. The highest BCUT2D eigenvalue weighted by atomic mass is 16.5. The minimum Gasteiger partial charge on any atom is -0.488 e. The normalized spacial score (nSPS) is 23.7. The maximum atomic E-state index is 6.17. The highest BCUT2D eigenvalue weighted by molar-refractivity contribution is 5.49. The van der Waals surface area contributed by atoms with E-state index < -0.39 is 0 Å². The summed E-state index contributed by atoms with van der Waals surface area (Å²) in [6.45, 7) is 6.38. The van der Waals surface area contributed by atoms with Crippen LogP contribution < -0.4 is 10.5 Å². The van der Waals surface area contributed by atoms with Gasteiger partial charge in [-0.15, -0.1) is 0 Å². The van der Waals surface area contributed by atoms with Gasteiger partial charge in [-0.25, -0.2) is 0 Å². The molecule has 0 bridgehead atoms. The van der Waals surface area contributed by atoms with Crippen LogP contribution in [0.5, 0.6) is 5.75 Å². The summed E-state index contributed by atoms with van der Waals surface area (Å²) in [6, 6.07) is 4.29. The zero-order valence-corrected chi connectivity index (χ0v) is 9.71. The Hall–Kier alpha value is -1.02. The molecule has 2 heteroatoms. The molecule has 1 aliphatic rings. The molecule has 0 saturated heterocycles. The lowest BCUT2D eigenvalue weighted by Crippen LogP contribution is -2.24. The summed E-state index contributed by atoms with van der Waals surface area (Å²) in [7, 11) is 0. The Morgan fingerprint density at radius 2 is 2.07 bits per heavy atom. The van der Waals surface area contributed by atoms with Gasteiger partial charge in [0.2, 0.25) is 0 Å². The molecular weight excluding hydrogens is 186 g/mol. The van der Waals surface area contributed by atoms with Gasteiger partial charge in [0.1, 0.15) is 11.9 Å². The Bertz CT molecular complexity index is 373. The lowest BCUT2D eigenvalue weighted by molar-refractivity contribution is 0.194. The van der Waals surface area contributed by atoms with Crippen molar-refractivity contribution in [3.05, 3.63) is 28.8 Å². The molecule has 0 radical (unpaired) electrons. The van der Waals surface area contributed by atoms with Gasteiger partial charge in [-0.2, -0.15) is 0 Å². The number of hydrogen-bond acceptors (Lipinski definition) is 2. The number of nitrogens with two attached hydrogens (primary N) is 1. The third-order valence-corrected chi connectivity index (χ3v) is 3.31. The van der Waals surface area contributed by atoms with Gasteiger partial charge in [0.15, 0.2) is 0 Å². The van der Waals surface area contributed by atoms with Crippen molar-refractivity contribution in [3.8, 4) is 5.75 Å². The Balaban J connectivity index is 2.36. The van der Waals surface area contributed by atoms with Crippen molar-refractivity contribution in [1.29, 1.82) is 0 Å². The minimum atomic E-state index is 0.0549. The molecule has 0 amide bonds. The lowest BCUT2D eigenvalue weighted by atomic mass is 9.98. The predicted octanol–water partition coefficient (Wildman–Crippen LogP) is 2.86. The standard InChI is InChI=1S/C13H19NO/c1-4-5-11-12(14)10-7-6-8(2)9(3)13(10)15-11/h6-7,11-12H,4-5,14H2,1-3H3. The second kappa shape index (κ2) is 3.86. The number of hydrogen-bond donors (Lipinski definition) is 1. The average Bonchev–Trinajstić information content (AvgIpc) is 2.52. The molecule has 1 aliphatic heterocycles. The Morgan fingerprint density at radius 1 is 1.33 bits per heavy atom. The number of rotatable bonds is 2. The molecule has 1 aromatic carbocycles. The van der Waals surface area contributed by atoms with Crippen molar-refractivity contribution >= 4 is 0 Å². The number of fused-ring (bicyclic) bond motifs is 1. The van der Waals surface area contributed by atoms with Gasteiger partial charge < -0.3 is 10.5 Å². The fraction of sp³-hybridized carbons (Fsp3) is 0.538. The van der Waals surface area contributed by atoms with Crippen LogP contribution in [0.15, 0.2) is 12.1 Å². The molecule has 0 saturated carbocycles. The number of benzene rings is 1. The molecule has 2 N–H and O–H groups in total. The van der Waals surface area contributed by atoms with Crippen molar-refractivity contribution in [3.63, 3.8) is 0 Å². The highest BCUT2D eigenvalue weighted by Crippen LogP contribution is 2.40. The fourth-order valence-electron chi connectivity index (χ4n) is 2.18. The van der Waals surface area contributed by atoms with Gasteiger partial charge >= 0.3 is 0 Å². The number of ether oxygens (including phenoxy) is 1. The molecule has 0 aromatic heterocycles. The topological polar surface area (TPSA) is 35.2 Å². The monoisotopic (exact) mass is 205 g/mol.